The molecule has 1 aliphatic heterocycles. The molecule has 1 fully saturated rings. The number of nitrogens with one attached hydrogen (secondary N) is 1. The van der Waals surface area contributed by atoms with Gasteiger partial charge in [-0.3, -0.25) is 0 Å². The molecule has 1 heterocycles. The minimum absolute atomic E-state index is 0.301. The smallest absolute Gasteiger partial charge is 0.150 e. The molecule has 3 nitrogen and oxygen atoms in total. The Bertz CT molecular complexity index is 295. The Kier molecular flexibility index (Phi) is 4.13. The van der Waals surface area contributed by atoms with Crippen LogP contribution in [0, 0.1) is 5.92 Å². The SMILES string of the molecule is C=C(CNC)CC1CCCS(=O)(=O)C1. The van der Waals surface area contributed by atoms with Crippen LogP contribution in [0.4, 0.5) is 0 Å². The van der Waals surface area contributed by atoms with Crippen LogP contribution in [-0.2, 0) is 9.84 Å². The molecule has 1 saturated heterocycles. The van der Waals surface area contributed by atoms with Gasteiger partial charge in [-0.15, -0.1) is 0 Å². The topological polar surface area (TPSA) is 46.2 Å². The quantitative estimate of drug-likeness (QED) is 0.714. The molecular weight excluding hydrogens is 198 g/mol. The van der Waals surface area contributed by atoms with E-state index in [0.29, 0.717) is 17.4 Å². The van der Waals surface area contributed by atoms with Gasteiger partial charge < -0.3 is 5.32 Å². The van der Waals surface area contributed by atoms with Crippen LogP contribution in [0.25, 0.3) is 0 Å². The Morgan fingerprint density at radius 2 is 2.29 bits per heavy atom. The molecule has 0 aromatic heterocycles. The monoisotopic (exact) mass is 217 g/mol. The van der Waals surface area contributed by atoms with Crippen LogP contribution in [0.3, 0.4) is 0 Å². The van der Waals surface area contributed by atoms with E-state index < -0.39 is 9.84 Å². The summed E-state index contributed by atoms with van der Waals surface area (Å²) in [5.41, 5.74) is 1.11. The van der Waals surface area contributed by atoms with E-state index in [1.165, 1.54) is 0 Å². The summed E-state index contributed by atoms with van der Waals surface area (Å²) < 4.78 is 22.7. The summed E-state index contributed by atoms with van der Waals surface area (Å²) in [5.74, 6) is 1.03. The largest absolute Gasteiger partial charge is 0.316 e. The van der Waals surface area contributed by atoms with Crippen molar-refractivity contribution in [1.29, 1.82) is 0 Å². The third kappa shape index (κ3) is 3.80. The average molecular weight is 217 g/mol. The molecule has 82 valence electrons. The Labute approximate surface area is 86.5 Å². The molecule has 0 aromatic rings. The van der Waals surface area contributed by atoms with Gasteiger partial charge >= 0.3 is 0 Å². The second-order valence-corrected chi connectivity index (χ2v) is 6.34. The lowest BCUT2D eigenvalue weighted by Crippen LogP contribution is -2.26. The van der Waals surface area contributed by atoms with Crippen LogP contribution in [0.15, 0.2) is 12.2 Å². The second-order valence-electron chi connectivity index (χ2n) is 4.11. The Hall–Kier alpha value is -0.350. The van der Waals surface area contributed by atoms with Crippen LogP contribution < -0.4 is 5.32 Å². The highest BCUT2D eigenvalue weighted by Gasteiger charge is 2.24. The molecule has 0 amide bonds. The highest BCUT2D eigenvalue weighted by molar-refractivity contribution is 7.91. The summed E-state index contributed by atoms with van der Waals surface area (Å²) in [6.07, 6.45) is 2.70. The average Bonchev–Trinajstić information content (AvgIpc) is 2.02. The van der Waals surface area contributed by atoms with Gasteiger partial charge in [0.1, 0.15) is 0 Å². The van der Waals surface area contributed by atoms with Crippen molar-refractivity contribution >= 4 is 9.84 Å². The van der Waals surface area contributed by atoms with E-state index in [9.17, 15) is 8.42 Å². The van der Waals surface area contributed by atoms with Crippen LogP contribution >= 0.6 is 0 Å². The van der Waals surface area contributed by atoms with Crippen LogP contribution in [-0.4, -0.2) is 33.5 Å². The number of sulfone groups is 1. The summed E-state index contributed by atoms with van der Waals surface area (Å²) in [7, 11) is -0.876. The van der Waals surface area contributed by atoms with Crippen LogP contribution in [0.2, 0.25) is 0 Å². The predicted molar refractivity (Wildman–Crippen MR) is 59.1 cm³/mol. The molecule has 0 radical (unpaired) electrons. The zero-order valence-electron chi connectivity index (χ0n) is 8.75. The van der Waals surface area contributed by atoms with Gasteiger partial charge in [-0.25, -0.2) is 8.42 Å². The van der Waals surface area contributed by atoms with Gasteiger partial charge in [0.15, 0.2) is 9.84 Å². The Morgan fingerprint density at radius 1 is 1.57 bits per heavy atom. The first-order valence-electron chi connectivity index (χ1n) is 5.05. The van der Waals surface area contributed by atoms with Gasteiger partial charge in [0.25, 0.3) is 0 Å². The lowest BCUT2D eigenvalue weighted by atomic mass is 9.97. The maximum Gasteiger partial charge on any atom is 0.150 e. The fourth-order valence-corrected chi connectivity index (χ4v) is 3.79. The fraction of sp³-hybridized carbons (Fsp3) is 0.800. The van der Waals surface area contributed by atoms with Crippen molar-refractivity contribution < 1.29 is 8.42 Å². The van der Waals surface area contributed by atoms with Gasteiger partial charge in [-0.1, -0.05) is 12.2 Å². The molecule has 0 aromatic carbocycles. The van der Waals surface area contributed by atoms with E-state index in [1.807, 2.05) is 7.05 Å². The molecule has 0 saturated carbocycles. The third-order valence-corrected chi connectivity index (χ3v) is 4.45. The maximum absolute atomic E-state index is 11.4. The van der Waals surface area contributed by atoms with E-state index in [4.69, 9.17) is 0 Å². The van der Waals surface area contributed by atoms with Crippen molar-refractivity contribution in [3.63, 3.8) is 0 Å². The van der Waals surface area contributed by atoms with E-state index in [2.05, 4.69) is 11.9 Å². The van der Waals surface area contributed by atoms with Crippen molar-refractivity contribution in [3.05, 3.63) is 12.2 Å². The maximum atomic E-state index is 11.4. The highest BCUT2D eigenvalue weighted by atomic mass is 32.2. The molecule has 0 aliphatic carbocycles. The summed E-state index contributed by atoms with van der Waals surface area (Å²) in [6, 6.07) is 0. The van der Waals surface area contributed by atoms with E-state index in [0.717, 1.165) is 31.4 Å². The van der Waals surface area contributed by atoms with Crippen molar-refractivity contribution in [3.8, 4) is 0 Å². The summed E-state index contributed by atoms with van der Waals surface area (Å²) >= 11 is 0. The van der Waals surface area contributed by atoms with E-state index >= 15 is 0 Å². The molecule has 14 heavy (non-hydrogen) atoms. The summed E-state index contributed by atoms with van der Waals surface area (Å²) in [6.45, 7) is 4.72. The Morgan fingerprint density at radius 3 is 2.86 bits per heavy atom. The number of hydrogen-bond donors (Lipinski definition) is 1. The molecule has 0 spiro atoms. The normalized spacial score (nSPS) is 25.9. The molecule has 1 unspecified atom stereocenters. The number of rotatable bonds is 4. The minimum atomic E-state index is -2.75. The first kappa shape index (κ1) is 11.7. The fourth-order valence-electron chi connectivity index (χ4n) is 2.01. The highest BCUT2D eigenvalue weighted by Crippen LogP contribution is 2.23. The van der Waals surface area contributed by atoms with Gasteiger partial charge in [0, 0.05) is 6.54 Å². The lowest BCUT2D eigenvalue weighted by molar-refractivity contribution is 0.479. The van der Waals surface area contributed by atoms with Crippen molar-refractivity contribution in [2.24, 2.45) is 5.92 Å². The standard InChI is InChI=1S/C10H19NO2S/c1-9(7-11-2)6-10-4-3-5-14(12,13)8-10/h10-11H,1,3-8H2,2H3. The molecule has 1 atom stereocenters. The molecule has 4 heteroatoms. The summed E-state index contributed by atoms with van der Waals surface area (Å²) in [4.78, 5) is 0. The Balaban J connectivity index is 2.42. The zero-order valence-corrected chi connectivity index (χ0v) is 9.57. The second kappa shape index (κ2) is 4.94. The van der Waals surface area contributed by atoms with Crippen molar-refractivity contribution in [2.75, 3.05) is 25.1 Å². The third-order valence-electron chi connectivity index (χ3n) is 2.56. The van der Waals surface area contributed by atoms with Crippen molar-refractivity contribution in [1.82, 2.24) is 5.32 Å². The number of likely N-dealkylation sites (N-methyl/N-ethyl adjacent to an activating group) is 1. The first-order chi connectivity index (χ1) is 6.53. The van der Waals surface area contributed by atoms with Gasteiger partial charge in [-0.05, 0) is 32.2 Å². The van der Waals surface area contributed by atoms with E-state index in [1.54, 1.807) is 0 Å². The summed E-state index contributed by atoms with van der Waals surface area (Å²) in [5, 5.41) is 3.03. The first-order valence-corrected chi connectivity index (χ1v) is 6.87. The molecular formula is C10H19NO2S. The zero-order chi connectivity index (χ0) is 10.6. The van der Waals surface area contributed by atoms with Crippen LogP contribution in [0.1, 0.15) is 19.3 Å². The van der Waals surface area contributed by atoms with Gasteiger partial charge in [0.2, 0.25) is 0 Å². The molecule has 1 rings (SSSR count). The molecule has 0 bridgehead atoms. The van der Waals surface area contributed by atoms with Gasteiger partial charge in [0.05, 0.1) is 11.5 Å². The lowest BCUT2D eigenvalue weighted by Gasteiger charge is -2.22. The van der Waals surface area contributed by atoms with Gasteiger partial charge in [-0.2, -0.15) is 0 Å². The number of hydrogen-bond acceptors (Lipinski definition) is 3. The van der Waals surface area contributed by atoms with Crippen LogP contribution in [0.5, 0.6) is 0 Å². The molecule has 1 aliphatic rings. The minimum Gasteiger partial charge on any atom is -0.316 e. The molecule has 1 N–H and O–H groups in total. The predicted octanol–water partition coefficient (Wildman–Crippen LogP) is 0.977. The van der Waals surface area contributed by atoms with Crippen molar-refractivity contribution in [2.45, 2.75) is 19.3 Å². The van der Waals surface area contributed by atoms with E-state index in [-0.39, 0.29) is 0 Å².